The fourth-order valence-corrected chi connectivity index (χ4v) is 4.35. The molecule has 1 aromatic carbocycles. The van der Waals surface area contributed by atoms with Crippen molar-refractivity contribution in [2.45, 2.75) is 37.5 Å². The molecule has 3 unspecified atom stereocenters. The summed E-state index contributed by atoms with van der Waals surface area (Å²) in [7, 11) is 1.81. The Morgan fingerprint density at radius 1 is 1.33 bits per heavy atom. The standard InChI is InChI=1S/C17H23N5OS/c1-18-16(21-13-10-11-6-7-14(13)23-11)19-8-9-20-17-22-12-4-2-3-5-15(12)24-17/h2-5,11,13-14H,6-10H2,1H3,(H,20,22)(H2,18,19,21). The van der Waals surface area contributed by atoms with E-state index in [9.17, 15) is 0 Å². The predicted octanol–water partition coefficient (Wildman–Crippen LogP) is 2.19. The second-order valence-corrected chi connectivity index (χ2v) is 7.30. The molecule has 3 atom stereocenters. The molecule has 2 fully saturated rings. The van der Waals surface area contributed by atoms with Crippen LogP contribution in [0.4, 0.5) is 5.13 Å². The Balaban J connectivity index is 1.22. The molecule has 0 aliphatic carbocycles. The Hall–Kier alpha value is -1.86. The molecule has 3 heterocycles. The summed E-state index contributed by atoms with van der Waals surface area (Å²) >= 11 is 1.68. The number of aromatic nitrogens is 1. The Bertz CT molecular complexity index is 698. The van der Waals surface area contributed by atoms with E-state index < -0.39 is 0 Å². The molecule has 2 aliphatic heterocycles. The van der Waals surface area contributed by atoms with Gasteiger partial charge in [0.05, 0.1) is 28.5 Å². The molecule has 2 saturated heterocycles. The monoisotopic (exact) mass is 345 g/mol. The van der Waals surface area contributed by atoms with Crippen LogP contribution in [-0.4, -0.2) is 49.3 Å². The van der Waals surface area contributed by atoms with E-state index in [1.165, 1.54) is 17.5 Å². The maximum Gasteiger partial charge on any atom is 0.191 e. The summed E-state index contributed by atoms with van der Waals surface area (Å²) in [6.07, 6.45) is 4.27. The predicted molar refractivity (Wildman–Crippen MR) is 98.9 cm³/mol. The zero-order valence-corrected chi connectivity index (χ0v) is 14.6. The van der Waals surface area contributed by atoms with Gasteiger partial charge >= 0.3 is 0 Å². The molecular formula is C17H23N5OS. The third-order valence-corrected chi connectivity index (χ3v) is 5.63. The summed E-state index contributed by atoms with van der Waals surface area (Å²) in [5, 5.41) is 11.2. The number of rotatable bonds is 5. The molecular weight excluding hydrogens is 322 g/mol. The first-order valence-electron chi connectivity index (χ1n) is 8.54. The van der Waals surface area contributed by atoms with Crippen molar-refractivity contribution in [3.05, 3.63) is 24.3 Å². The van der Waals surface area contributed by atoms with Crippen LogP contribution in [-0.2, 0) is 4.74 Å². The van der Waals surface area contributed by atoms with Gasteiger partial charge in [-0.2, -0.15) is 0 Å². The van der Waals surface area contributed by atoms with Crippen molar-refractivity contribution in [1.29, 1.82) is 0 Å². The molecule has 1 aromatic heterocycles. The molecule has 0 spiro atoms. The Morgan fingerprint density at radius 2 is 2.25 bits per heavy atom. The van der Waals surface area contributed by atoms with Crippen LogP contribution in [0.5, 0.6) is 0 Å². The Morgan fingerprint density at radius 3 is 3.00 bits per heavy atom. The van der Waals surface area contributed by atoms with Gasteiger partial charge < -0.3 is 20.7 Å². The number of ether oxygens (including phenoxy) is 1. The average Bonchev–Trinajstić information content (AvgIpc) is 3.31. The van der Waals surface area contributed by atoms with Crippen LogP contribution >= 0.6 is 11.3 Å². The first kappa shape index (κ1) is 15.7. The second kappa shape index (κ2) is 6.94. The number of para-hydroxylation sites is 1. The van der Waals surface area contributed by atoms with Crippen molar-refractivity contribution in [2.75, 3.05) is 25.5 Å². The lowest BCUT2D eigenvalue weighted by atomic mass is 9.96. The Kier molecular flexibility index (Phi) is 4.53. The van der Waals surface area contributed by atoms with Gasteiger partial charge in [-0.05, 0) is 31.4 Å². The van der Waals surface area contributed by atoms with Gasteiger partial charge in [-0.3, -0.25) is 4.99 Å². The van der Waals surface area contributed by atoms with E-state index in [1.54, 1.807) is 11.3 Å². The molecule has 2 aliphatic rings. The number of benzene rings is 1. The van der Waals surface area contributed by atoms with Gasteiger partial charge in [0.25, 0.3) is 0 Å². The van der Waals surface area contributed by atoms with E-state index in [0.29, 0.717) is 18.2 Å². The lowest BCUT2D eigenvalue weighted by molar-refractivity contribution is 0.0992. The van der Waals surface area contributed by atoms with Crippen LogP contribution < -0.4 is 16.0 Å². The van der Waals surface area contributed by atoms with E-state index >= 15 is 0 Å². The minimum atomic E-state index is 0.356. The highest BCUT2D eigenvalue weighted by Gasteiger charge is 2.41. The number of hydrogen-bond acceptors (Lipinski definition) is 5. The summed E-state index contributed by atoms with van der Waals surface area (Å²) in [6, 6.07) is 8.59. The van der Waals surface area contributed by atoms with Crippen molar-refractivity contribution in [1.82, 2.24) is 15.6 Å². The van der Waals surface area contributed by atoms with E-state index in [-0.39, 0.29) is 0 Å². The van der Waals surface area contributed by atoms with Crippen LogP contribution in [0.15, 0.2) is 29.3 Å². The largest absolute Gasteiger partial charge is 0.373 e. The van der Waals surface area contributed by atoms with Gasteiger partial charge in [-0.15, -0.1) is 0 Å². The molecule has 24 heavy (non-hydrogen) atoms. The molecule has 6 nitrogen and oxygen atoms in total. The van der Waals surface area contributed by atoms with E-state index in [4.69, 9.17) is 4.74 Å². The van der Waals surface area contributed by atoms with Gasteiger partial charge in [0.2, 0.25) is 0 Å². The third kappa shape index (κ3) is 3.32. The van der Waals surface area contributed by atoms with Gasteiger partial charge in [-0.1, -0.05) is 23.5 Å². The van der Waals surface area contributed by atoms with Gasteiger partial charge in [-0.25, -0.2) is 4.98 Å². The van der Waals surface area contributed by atoms with Crippen molar-refractivity contribution in [3.63, 3.8) is 0 Å². The van der Waals surface area contributed by atoms with Gasteiger partial charge in [0.1, 0.15) is 0 Å². The minimum absolute atomic E-state index is 0.356. The van der Waals surface area contributed by atoms with Crippen LogP contribution in [0.2, 0.25) is 0 Å². The first-order valence-corrected chi connectivity index (χ1v) is 9.35. The van der Waals surface area contributed by atoms with Crippen LogP contribution in [0.1, 0.15) is 19.3 Å². The molecule has 3 N–H and O–H groups in total. The number of hydrogen-bond donors (Lipinski definition) is 3. The fourth-order valence-electron chi connectivity index (χ4n) is 3.46. The number of anilines is 1. The summed E-state index contributed by atoms with van der Waals surface area (Å²) < 4.78 is 7.09. The molecule has 0 radical (unpaired) electrons. The molecule has 0 saturated carbocycles. The molecule has 128 valence electrons. The van der Waals surface area contributed by atoms with Crippen LogP contribution in [0.3, 0.4) is 0 Å². The minimum Gasteiger partial charge on any atom is -0.373 e. The number of thiazole rings is 1. The van der Waals surface area contributed by atoms with Crippen molar-refractivity contribution >= 4 is 32.6 Å². The van der Waals surface area contributed by atoms with Gasteiger partial charge in [0, 0.05) is 20.1 Å². The zero-order chi connectivity index (χ0) is 16.4. The summed E-state index contributed by atoms with van der Waals surface area (Å²) in [6.45, 7) is 1.59. The third-order valence-electron chi connectivity index (χ3n) is 4.64. The van der Waals surface area contributed by atoms with Crippen molar-refractivity contribution < 1.29 is 4.74 Å². The maximum absolute atomic E-state index is 5.88. The maximum atomic E-state index is 5.88. The molecule has 7 heteroatoms. The fraction of sp³-hybridized carbons (Fsp3) is 0.529. The number of nitrogens with one attached hydrogen (secondary N) is 3. The number of fused-ring (bicyclic) bond motifs is 3. The highest BCUT2D eigenvalue weighted by molar-refractivity contribution is 7.22. The van der Waals surface area contributed by atoms with Gasteiger partial charge in [0.15, 0.2) is 11.1 Å². The van der Waals surface area contributed by atoms with Crippen molar-refractivity contribution in [3.8, 4) is 0 Å². The number of guanidine groups is 1. The van der Waals surface area contributed by atoms with Crippen molar-refractivity contribution in [2.24, 2.45) is 4.99 Å². The van der Waals surface area contributed by atoms with Crippen LogP contribution in [0.25, 0.3) is 10.2 Å². The quantitative estimate of drug-likeness (QED) is 0.440. The zero-order valence-electron chi connectivity index (χ0n) is 13.8. The van der Waals surface area contributed by atoms with E-state index in [2.05, 4.69) is 32.0 Å². The normalized spacial score (nSPS) is 26.0. The van der Waals surface area contributed by atoms with E-state index in [1.807, 2.05) is 25.2 Å². The number of nitrogens with zero attached hydrogens (tertiary/aromatic N) is 2. The SMILES string of the molecule is CN=C(NCCNc1nc2ccccc2s1)NC1CC2CCC1O2. The summed E-state index contributed by atoms with van der Waals surface area (Å²) in [5.74, 6) is 0.849. The second-order valence-electron chi connectivity index (χ2n) is 6.27. The molecule has 4 rings (SSSR count). The highest BCUT2D eigenvalue weighted by Crippen LogP contribution is 2.34. The molecule has 0 amide bonds. The molecule has 2 aromatic rings. The molecule has 2 bridgehead atoms. The summed E-state index contributed by atoms with van der Waals surface area (Å²) in [4.78, 5) is 8.89. The smallest absolute Gasteiger partial charge is 0.191 e. The topological polar surface area (TPSA) is 70.6 Å². The first-order chi connectivity index (χ1) is 11.8. The van der Waals surface area contributed by atoms with Crippen LogP contribution in [0, 0.1) is 0 Å². The lowest BCUT2D eigenvalue weighted by Gasteiger charge is -2.22. The Labute approximate surface area is 145 Å². The lowest BCUT2D eigenvalue weighted by Crippen LogP contribution is -2.48. The summed E-state index contributed by atoms with van der Waals surface area (Å²) in [5.41, 5.74) is 1.05. The average molecular weight is 345 g/mol. The number of aliphatic imine (C=N–C) groups is 1. The van der Waals surface area contributed by atoms with E-state index in [0.717, 1.165) is 36.1 Å². The highest BCUT2D eigenvalue weighted by atomic mass is 32.1.